The summed E-state index contributed by atoms with van der Waals surface area (Å²) in [6.45, 7) is 4.90. The van der Waals surface area contributed by atoms with E-state index in [0.717, 1.165) is 5.56 Å². The third kappa shape index (κ3) is 5.79. The van der Waals surface area contributed by atoms with E-state index in [0.29, 0.717) is 48.3 Å². The van der Waals surface area contributed by atoms with Gasteiger partial charge in [-0.05, 0) is 49.2 Å². The zero-order chi connectivity index (χ0) is 21.3. The second-order valence-electron chi connectivity index (χ2n) is 6.45. The highest BCUT2D eigenvalue weighted by Gasteiger charge is 2.14. The Morgan fingerprint density at radius 3 is 2.47 bits per heavy atom. The van der Waals surface area contributed by atoms with E-state index < -0.39 is 5.97 Å². The topological polar surface area (TPSA) is 92.3 Å². The molecule has 0 bridgehead atoms. The fraction of sp³-hybridized carbons (Fsp3) is 0.364. The van der Waals surface area contributed by atoms with E-state index >= 15 is 0 Å². The summed E-state index contributed by atoms with van der Waals surface area (Å²) in [7, 11) is 0. The van der Waals surface area contributed by atoms with Crippen LogP contribution in [0.1, 0.15) is 25.0 Å². The smallest absolute Gasteiger partial charge is 0.310 e. The monoisotopic (exact) mass is 415 g/mol. The van der Waals surface area contributed by atoms with Crippen LogP contribution < -0.4 is 24.3 Å². The van der Waals surface area contributed by atoms with Gasteiger partial charge >= 0.3 is 5.97 Å². The molecule has 0 atom stereocenters. The molecule has 1 N–H and O–H groups in total. The number of nitrogens with one attached hydrogen (secondary N) is 1. The van der Waals surface area contributed by atoms with Crippen LogP contribution in [0.15, 0.2) is 36.4 Å². The number of benzene rings is 2. The quantitative estimate of drug-likeness (QED) is 0.596. The van der Waals surface area contributed by atoms with Gasteiger partial charge in [0.1, 0.15) is 0 Å². The predicted octanol–water partition coefficient (Wildman–Crippen LogP) is 2.61. The molecule has 0 spiro atoms. The van der Waals surface area contributed by atoms with Crippen LogP contribution in [0.4, 0.5) is 0 Å². The normalized spacial score (nSPS) is 11.7. The average molecular weight is 415 g/mol. The number of hydrogen-bond acceptors (Lipinski definition) is 7. The van der Waals surface area contributed by atoms with Crippen molar-refractivity contribution in [3.8, 4) is 23.0 Å². The molecular weight excluding hydrogens is 390 g/mol. The lowest BCUT2D eigenvalue weighted by Gasteiger charge is -2.12. The van der Waals surface area contributed by atoms with Crippen LogP contribution in [0.5, 0.6) is 23.0 Å². The van der Waals surface area contributed by atoms with Crippen LogP contribution in [0.3, 0.4) is 0 Å². The molecule has 0 fully saturated rings. The molecule has 1 aliphatic heterocycles. The molecule has 1 aliphatic rings. The molecule has 30 heavy (non-hydrogen) atoms. The lowest BCUT2D eigenvalue weighted by atomic mass is 10.1. The number of carbonyl (C=O) groups excluding carboxylic acids is 2. The van der Waals surface area contributed by atoms with Crippen molar-refractivity contribution in [3.63, 3.8) is 0 Å². The SMILES string of the molecule is CCOc1ccc(CC(=O)OCC(=O)NCc2ccc3c(c2)OCO3)cc1OCC. The van der Waals surface area contributed by atoms with E-state index in [2.05, 4.69) is 5.32 Å². The predicted molar refractivity (Wildman–Crippen MR) is 108 cm³/mol. The molecule has 1 amide bonds. The van der Waals surface area contributed by atoms with E-state index in [1.54, 1.807) is 30.3 Å². The van der Waals surface area contributed by atoms with Crippen LogP contribution in [-0.2, 0) is 27.3 Å². The summed E-state index contributed by atoms with van der Waals surface area (Å²) in [5, 5.41) is 2.71. The molecule has 0 saturated carbocycles. The molecule has 8 heteroatoms. The van der Waals surface area contributed by atoms with Crippen molar-refractivity contribution < 1.29 is 33.3 Å². The summed E-state index contributed by atoms with van der Waals surface area (Å²) in [6.07, 6.45) is 0.0297. The van der Waals surface area contributed by atoms with Crippen LogP contribution in [0.25, 0.3) is 0 Å². The summed E-state index contributed by atoms with van der Waals surface area (Å²) in [5.74, 6) is 1.64. The van der Waals surface area contributed by atoms with Gasteiger partial charge in [0.2, 0.25) is 6.79 Å². The molecule has 0 aliphatic carbocycles. The van der Waals surface area contributed by atoms with Crippen LogP contribution in [0.2, 0.25) is 0 Å². The summed E-state index contributed by atoms with van der Waals surface area (Å²) in [6, 6.07) is 10.7. The third-order valence-electron chi connectivity index (χ3n) is 4.25. The van der Waals surface area contributed by atoms with E-state index in [4.69, 9.17) is 23.7 Å². The minimum Gasteiger partial charge on any atom is -0.490 e. The van der Waals surface area contributed by atoms with Crippen molar-refractivity contribution in [1.82, 2.24) is 5.32 Å². The van der Waals surface area contributed by atoms with Crippen LogP contribution >= 0.6 is 0 Å². The van der Waals surface area contributed by atoms with Crippen LogP contribution in [-0.4, -0.2) is 38.5 Å². The van der Waals surface area contributed by atoms with Gasteiger partial charge in [-0.15, -0.1) is 0 Å². The van der Waals surface area contributed by atoms with Gasteiger partial charge in [-0.3, -0.25) is 9.59 Å². The second kappa shape index (κ2) is 10.4. The molecule has 3 rings (SSSR count). The van der Waals surface area contributed by atoms with Gasteiger partial charge in [0.25, 0.3) is 5.91 Å². The van der Waals surface area contributed by atoms with E-state index in [1.165, 1.54) is 0 Å². The van der Waals surface area contributed by atoms with Crippen molar-refractivity contribution in [2.24, 2.45) is 0 Å². The molecule has 0 unspecified atom stereocenters. The molecule has 0 saturated heterocycles. The van der Waals surface area contributed by atoms with Crippen LogP contribution in [0, 0.1) is 0 Å². The molecule has 8 nitrogen and oxygen atoms in total. The van der Waals surface area contributed by atoms with Gasteiger partial charge in [0, 0.05) is 6.54 Å². The summed E-state index contributed by atoms with van der Waals surface area (Å²) >= 11 is 0. The van der Waals surface area contributed by atoms with Crippen molar-refractivity contribution in [2.45, 2.75) is 26.8 Å². The Morgan fingerprint density at radius 2 is 1.67 bits per heavy atom. The average Bonchev–Trinajstić information content (AvgIpc) is 3.21. The van der Waals surface area contributed by atoms with Gasteiger partial charge in [-0.25, -0.2) is 0 Å². The lowest BCUT2D eigenvalue weighted by Crippen LogP contribution is -2.28. The molecule has 0 aromatic heterocycles. The maximum Gasteiger partial charge on any atom is 0.310 e. The number of carbonyl (C=O) groups is 2. The summed E-state index contributed by atoms with van der Waals surface area (Å²) in [4.78, 5) is 24.1. The Labute approximate surface area is 175 Å². The Morgan fingerprint density at radius 1 is 0.933 bits per heavy atom. The van der Waals surface area contributed by atoms with E-state index in [9.17, 15) is 9.59 Å². The number of fused-ring (bicyclic) bond motifs is 1. The summed E-state index contributed by atoms with van der Waals surface area (Å²) < 4.78 is 26.7. The zero-order valence-corrected chi connectivity index (χ0v) is 17.1. The maximum atomic E-state index is 12.1. The van der Waals surface area contributed by atoms with Gasteiger partial charge in [-0.2, -0.15) is 0 Å². The standard InChI is InChI=1S/C22H25NO7/c1-3-26-17-7-5-15(9-19(17)27-4-2)11-22(25)28-13-21(24)23-12-16-6-8-18-20(10-16)30-14-29-18/h5-10H,3-4,11-14H2,1-2H3,(H,23,24). The molecule has 2 aromatic rings. The number of hydrogen-bond donors (Lipinski definition) is 1. The van der Waals surface area contributed by atoms with Gasteiger partial charge in [0.05, 0.1) is 19.6 Å². The van der Waals surface area contributed by atoms with Gasteiger partial charge in [0.15, 0.2) is 29.6 Å². The molecule has 160 valence electrons. The molecule has 2 aromatic carbocycles. The first-order chi connectivity index (χ1) is 14.6. The maximum absolute atomic E-state index is 12.1. The van der Waals surface area contributed by atoms with Crippen molar-refractivity contribution in [3.05, 3.63) is 47.5 Å². The highest BCUT2D eigenvalue weighted by atomic mass is 16.7. The molecular formula is C22H25NO7. The van der Waals surface area contributed by atoms with Crippen molar-refractivity contribution in [1.29, 1.82) is 0 Å². The van der Waals surface area contributed by atoms with Gasteiger partial charge in [-0.1, -0.05) is 12.1 Å². The Kier molecular flexibility index (Phi) is 7.37. The minimum atomic E-state index is -0.500. The van der Waals surface area contributed by atoms with Gasteiger partial charge < -0.3 is 29.0 Å². The molecule has 0 radical (unpaired) electrons. The lowest BCUT2D eigenvalue weighted by molar-refractivity contribution is -0.147. The first-order valence-corrected chi connectivity index (χ1v) is 9.78. The van der Waals surface area contributed by atoms with Crippen molar-refractivity contribution >= 4 is 11.9 Å². The summed E-state index contributed by atoms with van der Waals surface area (Å²) in [5.41, 5.74) is 1.57. The second-order valence-corrected chi connectivity index (χ2v) is 6.45. The zero-order valence-electron chi connectivity index (χ0n) is 17.1. The minimum absolute atomic E-state index is 0.0297. The number of esters is 1. The Balaban J connectivity index is 1.44. The first kappa shape index (κ1) is 21.3. The first-order valence-electron chi connectivity index (χ1n) is 9.78. The van der Waals surface area contributed by atoms with E-state index in [-0.39, 0.29) is 25.7 Å². The third-order valence-corrected chi connectivity index (χ3v) is 4.25. The van der Waals surface area contributed by atoms with E-state index in [1.807, 2.05) is 19.9 Å². The molecule has 1 heterocycles. The number of rotatable bonds is 10. The highest BCUT2D eigenvalue weighted by molar-refractivity contribution is 5.81. The fourth-order valence-electron chi connectivity index (χ4n) is 2.87. The number of amides is 1. The van der Waals surface area contributed by atoms with Crippen molar-refractivity contribution in [2.75, 3.05) is 26.6 Å². The Bertz CT molecular complexity index is 897. The Hall–Kier alpha value is -3.42. The number of ether oxygens (including phenoxy) is 5. The fourth-order valence-corrected chi connectivity index (χ4v) is 2.87. The largest absolute Gasteiger partial charge is 0.490 e. The highest BCUT2D eigenvalue weighted by Crippen LogP contribution is 2.32.